The topological polar surface area (TPSA) is 98.1 Å². The quantitative estimate of drug-likeness (QED) is 0.841. The summed E-state index contributed by atoms with van der Waals surface area (Å²) in [6, 6.07) is 9.17. The minimum Gasteiger partial charge on any atom is -0.492 e. The summed E-state index contributed by atoms with van der Waals surface area (Å²) < 4.78 is 5.66. The van der Waals surface area contributed by atoms with Gasteiger partial charge in [-0.1, -0.05) is 6.07 Å². The summed E-state index contributed by atoms with van der Waals surface area (Å²) in [5, 5.41) is 29.7. The maximum Gasteiger partial charge on any atom is 0.124 e. The van der Waals surface area contributed by atoms with E-state index < -0.39 is 5.60 Å². The summed E-state index contributed by atoms with van der Waals surface area (Å²) in [6.45, 7) is 2.51. The van der Waals surface area contributed by atoms with Gasteiger partial charge in [0.1, 0.15) is 23.7 Å². The zero-order valence-corrected chi connectivity index (χ0v) is 12.1. The molecule has 1 fully saturated rings. The van der Waals surface area contributed by atoms with E-state index in [1.165, 1.54) is 0 Å². The summed E-state index contributed by atoms with van der Waals surface area (Å²) in [7, 11) is 0. The van der Waals surface area contributed by atoms with Crippen LogP contribution in [0.5, 0.6) is 5.75 Å². The molecule has 1 aliphatic heterocycles. The molecule has 0 aliphatic carbocycles. The number of hydrogen-bond acceptors (Lipinski definition) is 6. The second-order valence-electron chi connectivity index (χ2n) is 5.40. The Hall–Kier alpha value is -2.43. The molecule has 0 amide bonds. The van der Waals surface area contributed by atoms with Gasteiger partial charge < -0.3 is 9.84 Å². The first-order valence-corrected chi connectivity index (χ1v) is 7.13. The van der Waals surface area contributed by atoms with Crippen LogP contribution < -0.4 is 4.74 Å². The molecular weight excluding hydrogens is 282 g/mol. The van der Waals surface area contributed by atoms with E-state index in [0.717, 1.165) is 6.54 Å². The minimum absolute atomic E-state index is 0.504. The Kier molecular flexibility index (Phi) is 4.04. The van der Waals surface area contributed by atoms with E-state index >= 15 is 0 Å². The van der Waals surface area contributed by atoms with Gasteiger partial charge in [-0.2, -0.15) is 20.7 Å². The van der Waals surface area contributed by atoms with Gasteiger partial charge in [0.25, 0.3) is 0 Å². The molecule has 0 saturated carbocycles. The van der Waals surface area contributed by atoms with Crippen molar-refractivity contribution in [3.05, 3.63) is 41.7 Å². The molecule has 1 aliphatic rings. The molecule has 114 valence electrons. The van der Waals surface area contributed by atoms with Crippen LogP contribution in [0.3, 0.4) is 0 Å². The summed E-state index contributed by atoms with van der Waals surface area (Å²) in [4.78, 5) is 2.13. The molecule has 1 saturated heterocycles. The van der Waals surface area contributed by atoms with Gasteiger partial charge in [-0.05, 0) is 24.6 Å². The zero-order valence-electron chi connectivity index (χ0n) is 12.1. The molecule has 1 atom stereocenters. The highest BCUT2D eigenvalue weighted by atomic mass is 16.5. The molecule has 0 radical (unpaired) electrons. The van der Waals surface area contributed by atoms with Crippen molar-refractivity contribution in [1.82, 2.24) is 20.3 Å². The number of likely N-dealkylation sites (tertiary alicyclic amines) is 1. The second-order valence-corrected chi connectivity index (χ2v) is 5.40. The highest BCUT2D eigenvalue weighted by Crippen LogP contribution is 2.29. The van der Waals surface area contributed by atoms with E-state index in [0.29, 0.717) is 43.1 Å². The molecule has 7 nitrogen and oxygen atoms in total. The van der Waals surface area contributed by atoms with Crippen LogP contribution in [0.4, 0.5) is 0 Å². The minimum atomic E-state index is -0.937. The van der Waals surface area contributed by atoms with E-state index in [4.69, 9.17) is 10.00 Å². The Labute approximate surface area is 128 Å². The number of nitrogens with zero attached hydrogens (tertiary/aromatic N) is 4. The molecule has 1 unspecified atom stereocenters. The van der Waals surface area contributed by atoms with E-state index in [2.05, 4.69) is 26.4 Å². The Balaban J connectivity index is 1.50. The van der Waals surface area contributed by atoms with E-state index in [1.54, 1.807) is 24.4 Å². The molecule has 3 rings (SSSR count). The highest BCUT2D eigenvalue weighted by molar-refractivity contribution is 5.36. The van der Waals surface area contributed by atoms with Crippen LogP contribution >= 0.6 is 0 Å². The van der Waals surface area contributed by atoms with Crippen LogP contribution in [-0.4, -0.2) is 51.7 Å². The van der Waals surface area contributed by atoms with Crippen LogP contribution in [0.25, 0.3) is 0 Å². The Bertz CT molecular complexity index is 667. The smallest absolute Gasteiger partial charge is 0.124 e. The Morgan fingerprint density at radius 2 is 2.41 bits per heavy atom. The molecule has 1 aromatic carbocycles. The average molecular weight is 299 g/mol. The maximum absolute atomic E-state index is 10.6. The lowest BCUT2D eigenvalue weighted by atomic mass is 10.0. The fourth-order valence-corrected chi connectivity index (χ4v) is 2.64. The number of β-amino-alcohol motifs (C(OH)–C–C–N with tert-alkyl or cyclic N) is 1. The van der Waals surface area contributed by atoms with Gasteiger partial charge in [0.2, 0.25) is 0 Å². The van der Waals surface area contributed by atoms with Gasteiger partial charge in [-0.15, -0.1) is 0 Å². The van der Waals surface area contributed by atoms with Gasteiger partial charge in [0, 0.05) is 19.6 Å². The van der Waals surface area contributed by atoms with Crippen molar-refractivity contribution in [3.8, 4) is 11.8 Å². The van der Waals surface area contributed by atoms with E-state index in [-0.39, 0.29) is 0 Å². The molecule has 7 heteroatoms. The highest BCUT2D eigenvalue weighted by Gasteiger charge is 2.39. The van der Waals surface area contributed by atoms with Gasteiger partial charge in [-0.3, -0.25) is 4.90 Å². The lowest BCUT2D eigenvalue weighted by molar-refractivity contribution is 0.0403. The predicted molar refractivity (Wildman–Crippen MR) is 78.0 cm³/mol. The van der Waals surface area contributed by atoms with Gasteiger partial charge in [-0.25, -0.2) is 0 Å². The first-order chi connectivity index (χ1) is 10.7. The fourth-order valence-electron chi connectivity index (χ4n) is 2.64. The monoisotopic (exact) mass is 299 g/mol. The van der Waals surface area contributed by atoms with Crippen LogP contribution in [-0.2, 0) is 5.60 Å². The van der Waals surface area contributed by atoms with E-state index in [9.17, 15) is 5.11 Å². The third-order valence-corrected chi connectivity index (χ3v) is 3.86. The fraction of sp³-hybridized carbons (Fsp3) is 0.400. The number of aliphatic hydroxyl groups is 1. The molecule has 0 spiro atoms. The predicted octanol–water partition coefficient (Wildman–Crippen LogP) is 0.649. The third kappa shape index (κ3) is 3.08. The molecule has 22 heavy (non-hydrogen) atoms. The van der Waals surface area contributed by atoms with Crippen molar-refractivity contribution in [1.29, 1.82) is 5.26 Å². The number of aromatic nitrogens is 3. The first kappa shape index (κ1) is 14.5. The maximum atomic E-state index is 10.6. The standard InChI is InChI=1S/C15H17N5O2/c16-9-12-2-1-3-13(8-12)22-7-6-20-5-4-15(21,11-20)14-10-17-19-18-14/h1-3,8,10,21H,4-7,11H2,(H,17,18,19). The lowest BCUT2D eigenvalue weighted by Gasteiger charge is -2.21. The largest absolute Gasteiger partial charge is 0.492 e. The van der Waals surface area contributed by atoms with E-state index in [1.807, 2.05) is 6.07 Å². The van der Waals surface area contributed by atoms with Crippen LogP contribution in [0, 0.1) is 11.3 Å². The normalized spacial score (nSPS) is 21.6. The molecule has 0 bridgehead atoms. The molecular formula is C15H17N5O2. The summed E-state index contributed by atoms with van der Waals surface area (Å²) in [6.07, 6.45) is 2.19. The van der Waals surface area contributed by atoms with Crippen LogP contribution in [0.1, 0.15) is 17.7 Å². The van der Waals surface area contributed by atoms with Crippen molar-refractivity contribution in [2.24, 2.45) is 0 Å². The van der Waals surface area contributed by atoms with Crippen molar-refractivity contribution >= 4 is 0 Å². The number of hydrogen-bond donors (Lipinski definition) is 2. The van der Waals surface area contributed by atoms with Crippen LogP contribution in [0.2, 0.25) is 0 Å². The zero-order chi connectivity index (χ0) is 15.4. The summed E-state index contributed by atoms with van der Waals surface area (Å²) >= 11 is 0. The molecule has 2 N–H and O–H groups in total. The van der Waals surface area contributed by atoms with Crippen LogP contribution in [0.15, 0.2) is 30.5 Å². The number of benzene rings is 1. The third-order valence-electron chi connectivity index (χ3n) is 3.86. The molecule has 1 aromatic heterocycles. The number of H-pyrrole nitrogens is 1. The summed E-state index contributed by atoms with van der Waals surface area (Å²) in [5.74, 6) is 0.685. The number of aromatic amines is 1. The molecule has 2 aromatic rings. The Morgan fingerprint density at radius 1 is 1.50 bits per heavy atom. The van der Waals surface area contributed by atoms with Crippen molar-refractivity contribution < 1.29 is 9.84 Å². The number of ether oxygens (including phenoxy) is 1. The number of nitrogens with one attached hydrogen (secondary N) is 1. The first-order valence-electron chi connectivity index (χ1n) is 7.13. The lowest BCUT2D eigenvalue weighted by Crippen LogP contribution is -2.33. The average Bonchev–Trinajstić information content (AvgIpc) is 3.18. The van der Waals surface area contributed by atoms with Crippen molar-refractivity contribution in [2.75, 3.05) is 26.2 Å². The van der Waals surface area contributed by atoms with Gasteiger partial charge in [0.15, 0.2) is 0 Å². The van der Waals surface area contributed by atoms with Crippen molar-refractivity contribution in [3.63, 3.8) is 0 Å². The van der Waals surface area contributed by atoms with Gasteiger partial charge in [0.05, 0.1) is 17.8 Å². The second kappa shape index (κ2) is 6.13. The number of rotatable bonds is 5. The molecule has 2 heterocycles. The summed E-state index contributed by atoms with van der Waals surface area (Å²) in [5.41, 5.74) is 0.227. The van der Waals surface area contributed by atoms with Crippen molar-refractivity contribution in [2.45, 2.75) is 12.0 Å². The SMILES string of the molecule is N#Cc1cccc(OCCN2CCC(O)(c3cn[nH]n3)C2)c1. The number of nitriles is 1. The Morgan fingerprint density at radius 3 is 3.18 bits per heavy atom. The van der Waals surface area contributed by atoms with Gasteiger partial charge >= 0.3 is 0 Å².